The number of nitrogens with one attached hydrogen (secondary N) is 1. The van der Waals surface area contributed by atoms with Crippen LogP contribution in [0.4, 0.5) is 13.2 Å². The fraction of sp³-hybridized carbons (Fsp3) is 0.600. The maximum absolute atomic E-state index is 13.8. The van der Waals surface area contributed by atoms with Gasteiger partial charge in [-0.25, -0.2) is 13.6 Å². The van der Waals surface area contributed by atoms with E-state index in [1.54, 1.807) is 4.98 Å². The van der Waals surface area contributed by atoms with Gasteiger partial charge >= 0.3 is 5.69 Å². The van der Waals surface area contributed by atoms with Crippen LogP contribution in [0.25, 0.3) is 0 Å². The molecule has 2 heterocycles. The quantitative estimate of drug-likeness (QED) is 0.791. The second-order valence-corrected chi connectivity index (χ2v) is 4.35. The topological polar surface area (TPSA) is 84.3 Å². The number of nitrogens with zero attached hydrogens (tertiary/aromatic N) is 1. The van der Waals surface area contributed by atoms with Crippen molar-refractivity contribution in [1.82, 2.24) is 9.55 Å². The molecule has 1 aliphatic rings. The van der Waals surface area contributed by atoms with Crippen LogP contribution in [0.15, 0.2) is 15.8 Å². The van der Waals surface area contributed by atoms with Crippen molar-refractivity contribution in [3.8, 4) is 0 Å². The lowest BCUT2D eigenvalue weighted by atomic mass is 10.0. The van der Waals surface area contributed by atoms with Gasteiger partial charge in [0.25, 0.3) is 5.56 Å². The molecule has 0 unspecified atom stereocenters. The summed E-state index contributed by atoms with van der Waals surface area (Å²) in [6, 6.07) is 0. The lowest BCUT2D eigenvalue weighted by Crippen LogP contribution is -2.38. The number of alkyl halides is 2. The van der Waals surface area contributed by atoms with Crippen molar-refractivity contribution in [2.24, 2.45) is 0 Å². The maximum atomic E-state index is 13.8. The predicted molar refractivity (Wildman–Crippen MR) is 56.7 cm³/mol. The molecule has 9 heteroatoms. The number of halogens is 3. The van der Waals surface area contributed by atoms with Crippen LogP contribution in [0.1, 0.15) is 12.6 Å². The molecule has 0 aliphatic carbocycles. The molecular weight excluding hydrogens is 269 g/mol. The minimum Gasteiger partial charge on any atom is -0.393 e. The summed E-state index contributed by atoms with van der Waals surface area (Å²) in [6.45, 7) is -1.93. The largest absolute Gasteiger partial charge is 0.393 e. The molecule has 0 aromatic carbocycles. The molecule has 1 aliphatic heterocycles. The average Bonchev–Trinajstić information content (AvgIpc) is 2.72. The Bertz CT molecular complexity index is 581. The molecule has 0 bridgehead atoms. The summed E-state index contributed by atoms with van der Waals surface area (Å²) in [7, 11) is 0. The number of aromatic amines is 1. The second-order valence-electron chi connectivity index (χ2n) is 4.35. The number of hydrogen-bond acceptors (Lipinski definition) is 4. The smallest absolute Gasteiger partial charge is 0.330 e. The Morgan fingerprint density at radius 1 is 1.58 bits per heavy atom. The van der Waals surface area contributed by atoms with Crippen LogP contribution < -0.4 is 11.2 Å². The van der Waals surface area contributed by atoms with Gasteiger partial charge in [-0.3, -0.25) is 14.3 Å². The van der Waals surface area contributed by atoms with E-state index in [4.69, 9.17) is 9.84 Å². The van der Waals surface area contributed by atoms with Gasteiger partial charge in [-0.1, -0.05) is 0 Å². The van der Waals surface area contributed by atoms with E-state index in [0.29, 0.717) is 10.8 Å². The van der Waals surface area contributed by atoms with Gasteiger partial charge in [0.2, 0.25) is 5.82 Å². The molecule has 0 radical (unpaired) electrons. The zero-order valence-electron chi connectivity index (χ0n) is 9.61. The van der Waals surface area contributed by atoms with E-state index >= 15 is 0 Å². The van der Waals surface area contributed by atoms with Crippen LogP contribution in [0.5, 0.6) is 0 Å². The first kappa shape index (κ1) is 13.8. The summed E-state index contributed by atoms with van der Waals surface area (Å²) in [5.74, 6) is -1.29. The molecule has 1 aromatic rings. The number of aromatic nitrogens is 2. The zero-order valence-corrected chi connectivity index (χ0v) is 9.61. The molecule has 0 saturated carbocycles. The van der Waals surface area contributed by atoms with E-state index in [9.17, 15) is 22.8 Å². The highest BCUT2D eigenvalue weighted by Crippen LogP contribution is 2.38. The molecule has 2 rings (SSSR count). The maximum Gasteiger partial charge on any atom is 0.330 e. The second kappa shape index (κ2) is 4.82. The highest BCUT2D eigenvalue weighted by Gasteiger charge is 2.48. The molecule has 3 atom stereocenters. The molecule has 0 spiro atoms. The molecule has 2 N–H and O–H groups in total. The van der Waals surface area contributed by atoms with Gasteiger partial charge in [-0.15, -0.1) is 0 Å². The summed E-state index contributed by atoms with van der Waals surface area (Å²) in [5, 5.41) is 9.02. The van der Waals surface area contributed by atoms with Gasteiger partial charge in [-0.2, -0.15) is 4.39 Å². The van der Waals surface area contributed by atoms with E-state index < -0.39 is 54.8 Å². The molecule has 1 fully saturated rings. The lowest BCUT2D eigenvalue weighted by molar-refractivity contribution is -0.115. The third kappa shape index (κ3) is 2.30. The van der Waals surface area contributed by atoms with Crippen molar-refractivity contribution < 1.29 is 23.0 Å². The van der Waals surface area contributed by atoms with Crippen LogP contribution in [0, 0.1) is 5.82 Å². The average molecular weight is 280 g/mol. The Labute approximate surface area is 104 Å². The Kier molecular flexibility index (Phi) is 3.50. The van der Waals surface area contributed by atoms with Crippen LogP contribution in [-0.4, -0.2) is 39.7 Å². The van der Waals surface area contributed by atoms with Crippen LogP contribution in [0.2, 0.25) is 0 Å². The summed E-state index contributed by atoms with van der Waals surface area (Å²) < 4.78 is 45.1. The molecule has 106 valence electrons. The number of rotatable bonds is 3. The first-order valence-electron chi connectivity index (χ1n) is 5.42. The van der Waals surface area contributed by atoms with E-state index in [-0.39, 0.29) is 0 Å². The molecule has 1 aromatic heterocycles. The summed E-state index contributed by atoms with van der Waals surface area (Å²) in [4.78, 5) is 23.9. The SMILES string of the molecule is O=c1[nH]c(=O)n([C@@H]2O[C@@](CO)(CF)C[C@@H]2F)cc1F. The summed E-state index contributed by atoms with van der Waals surface area (Å²) in [6.07, 6.45) is -3.39. The van der Waals surface area contributed by atoms with Gasteiger partial charge in [0.1, 0.15) is 18.4 Å². The minimum absolute atomic E-state index is 0.474. The summed E-state index contributed by atoms with van der Waals surface area (Å²) >= 11 is 0. The Morgan fingerprint density at radius 2 is 2.26 bits per heavy atom. The van der Waals surface area contributed by atoms with Gasteiger partial charge in [0.15, 0.2) is 6.23 Å². The number of aliphatic hydroxyl groups is 1. The summed E-state index contributed by atoms with van der Waals surface area (Å²) in [5.41, 5.74) is -4.07. The third-order valence-corrected chi connectivity index (χ3v) is 2.98. The number of hydrogen-bond donors (Lipinski definition) is 2. The van der Waals surface area contributed by atoms with E-state index in [0.717, 1.165) is 0 Å². The van der Waals surface area contributed by atoms with E-state index in [1.165, 1.54) is 0 Å². The number of H-pyrrole nitrogens is 1. The van der Waals surface area contributed by atoms with Gasteiger partial charge in [-0.05, 0) is 0 Å². The number of ether oxygens (including phenoxy) is 1. The predicted octanol–water partition coefficient (Wildman–Crippen LogP) is -0.367. The standard InChI is InChI=1S/C10H11F3N2O4/c11-3-10(4-16)1-5(12)8(19-10)15-2-6(13)7(17)14-9(15)18/h2,5,8,16H,1,3-4H2,(H,14,17,18)/t5-,8+,10+/m0/s1. The van der Waals surface area contributed by atoms with Crippen molar-refractivity contribution in [3.63, 3.8) is 0 Å². The van der Waals surface area contributed by atoms with Crippen molar-refractivity contribution in [1.29, 1.82) is 0 Å². The van der Waals surface area contributed by atoms with Gasteiger partial charge in [0.05, 0.1) is 12.8 Å². The fourth-order valence-electron chi connectivity index (χ4n) is 1.95. The Balaban J connectivity index is 2.41. The lowest BCUT2D eigenvalue weighted by Gasteiger charge is -2.23. The van der Waals surface area contributed by atoms with Crippen molar-refractivity contribution in [2.75, 3.05) is 13.3 Å². The molecule has 19 heavy (non-hydrogen) atoms. The van der Waals surface area contributed by atoms with Crippen LogP contribution in [-0.2, 0) is 4.74 Å². The Morgan fingerprint density at radius 3 is 2.79 bits per heavy atom. The Hall–Kier alpha value is -1.61. The van der Waals surface area contributed by atoms with Crippen LogP contribution in [0.3, 0.4) is 0 Å². The normalized spacial score (nSPS) is 30.7. The van der Waals surface area contributed by atoms with Crippen molar-refractivity contribution in [3.05, 3.63) is 32.9 Å². The molecular formula is C10H11F3N2O4. The molecule has 0 amide bonds. The van der Waals surface area contributed by atoms with Gasteiger partial charge in [0, 0.05) is 6.42 Å². The fourth-order valence-corrected chi connectivity index (χ4v) is 1.95. The van der Waals surface area contributed by atoms with E-state index in [1.807, 2.05) is 0 Å². The molecule has 1 saturated heterocycles. The zero-order chi connectivity index (χ0) is 14.2. The highest BCUT2D eigenvalue weighted by molar-refractivity contribution is 4.96. The number of aliphatic hydroxyl groups excluding tert-OH is 1. The first-order valence-corrected chi connectivity index (χ1v) is 5.42. The minimum atomic E-state index is -1.81. The van der Waals surface area contributed by atoms with Crippen LogP contribution >= 0.6 is 0 Å². The van der Waals surface area contributed by atoms with Crippen molar-refractivity contribution in [2.45, 2.75) is 24.4 Å². The monoisotopic (exact) mass is 280 g/mol. The first-order chi connectivity index (χ1) is 8.92. The van der Waals surface area contributed by atoms with Gasteiger partial charge < -0.3 is 9.84 Å². The van der Waals surface area contributed by atoms with E-state index in [2.05, 4.69) is 0 Å². The highest BCUT2D eigenvalue weighted by atomic mass is 19.1. The van der Waals surface area contributed by atoms with Crippen molar-refractivity contribution >= 4 is 0 Å². The third-order valence-electron chi connectivity index (χ3n) is 2.98. The molecule has 6 nitrogen and oxygen atoms in total.